The first-order valence-corrected chi connectivity index (χ1v) is 6.78. The number of anilines is 2. The van der Waals surface area contributed by atoms with Gasteiger partial charge in [-0.2, -0.15) is 0 Å². The summed E-state index contributed by atoms with van der Waals surface area (Å²) in [4.78, 5) is 4.58. The summed E-state index contributed by atoms with van der Waals surface area (Å²) in [6, 6.07) is 10.1. The Morgan fingerprint density at radius 1 is 1.22 bits per heavy atom. The van der Waals surface area contributed by atoms with Crippen molar-refractivity contribution in [3.8, 4) is 0 Å². The predicted octanol–water partition coefficient (Wildman–Crippen LogP) is 4.87. The van der Waals surface area contributed by atoms with Gasteiger partial charge in [-0.05, 0) is 31.6 Å². The van der Waals surface area contributed by atoms with Crippen LogP contribution in [0.25, 0.3) is 5.57 Å². The Morgan fingerprint density at radius 2 is 2.00 bits per heavy atom. The summed E-state index contributed by atoms with van der Waals surface area (Å²) in [7, 11) is 0. The van der Waals surface area contributed by atoms with Crippen LogP contribution in [0.15, 0.2) is 53.9 Å². The molecule has 0 aliphatic rings. The highest BCUT2D eigenvalue weighted by Crippen LogP contribution is 2.25. The molecule has 18 heavy (non-hydrogen) atoms. The molecule has 0 atom stereocenters. The molecule has 0 bridgehead atoms. The van der Waals surface area contributed by atoms with Crippen molar-refractivity contribution in [2.75, 3.05) is 5.32 Å². The number of aromatic nitrogens is 1. The highest BCUT2D eigenvalue weighted by atomic mass is 32.1. The average molecular weight is 256 g/mol. The van der Waals surface area contributed by atoms with Crippen LogP contribution in [0.3, 0.4) is 0 Å². The van der Waals surface area contributed by atoms with E-state index in [9.17, 15) is 0 Å². The van der Waals surface area contributed by atoms with Crippen molar-refractivity contribution >= 4 is 27.7 Å². The van der Waals surface area contributed by atoms with Crippen LogP contribution in [0.4, 0.5) is 10.8 Å². The molecular weight excluding hydrogens is 240 g/mol. The van der Waals surface area contributed by atoms with E-state index in [0.717, 1.165) is 22.1 Å². The average Bonchev–Trinajstić information content (AvgIpc) is 2.85. The van der Waals surface area contributed by atoms with Gasteiger partial charge in [-0.1, -0.05) is 36.4 Å². The van der Waals surface area contributed by atoms with Crippen molar-refractivity contribution in [3.63, 3.8) is 0 Å². The van der Waals surface area contributed by atoms with Gasteiger partial charge >= 0.3 is 0 Å². The zero-order valence-electron chi connectivity index (χ0n) is 10.6. The fraction of sp³-hybridized carbons (Fsp3) is 0.133. The van der Waals surface area contributed by atoms with E-state index in [4.69, 9.17) is 0 Å². The zero-order valence-corrected chi connectivity index (χ0v) is 11.4. The first-order chi connectivity index (χ1) is 8.83. The minimum atomic E-state index is 0.917. The molecule has 0 saturated heterocycles. The van der Waals surface area contributed by atoms with Crippen molar-refractivity contribution < 1.29 is 0 Å². The highest BCUT2D eigenvalue weighted by molar-refractivity contribution is 7.13. The number of benzene rings is 1. The molecule has 92 valence electrons. The number of rotatable bonds is 4. The molecule has 0 aliphatic heterocycles. The molecule has 1 N–H and O–H groups in total. The second kappa shape index (κ2) is 6.17. The first-order valence-electron chi connectivity index (χ1n) is 5.90. The lowest BCUT2D eigenvalue weighted by Crippen LogP contribution is -1.89. The van der Waals surface area contributed by atoms with Gasteiger partial charge in [0.2, 0.25) is 0 Å². The number of nitrogens with zero attached hydrogens (tertiary/aromatic N) is 1. The summed E-state index contributed by atoms with van der Waals surface area (Å²) in [5.41, 5.74) is 3.22. The number of thiazole rings is 1. The SMILES string of the molecule is C/C=C\C(=C/C)c1csc(Nc2ccccc2)n1. The fourth-order valence-electron chi connectivity index (χ4n) is 1.62. The number of allylic oxidation sites excluding steroid dienone is 4. The molecule has 0 spiro atoms. The molecule has 3 heteroatoms. The van der Waals surface area contributed by atoms with Crippen LogP contribution in [-0.4, -0.2) is 4.98 Å². The van der Waals surface area contributed by atoms with Gasteiger partial charge in [0, 0.05) is 11.1 Å². The smallest absolute Gasteiger partial charge is 0.187 e. The Balaban J connectivity index is 2.16. The van der Waals surface area contributed by atoms with Crippen LogP contribution in [0.5, 0.6) is 0 Å². The molecule has 2 aromatic rings. The number of hydrogen-bond acceptors (Lipinski definition) is 3. The molecule has 0 amide bonds. The standard InChI is InChI=1S/C15H16N2S/c1-3-8-12(4-2)14-11-18-15(17-14)16-13-9-6-5-7-10-13/h3-11H,1-2H3,(H,16,17)/b8-3-,12-4+. The molecular formula is C15H16N2S. The first kappa shape index (κ1) is 12.6. The lowest BCUT2D eigenvalue weighted by Gasteiger charge is -2.01. The van der Waals surface area contributed by atoms with Crippen LogP contribution in [0.2, 0.25) is 0 Å². The molecule has 0 radical (unpaired) electrons. The third-order valence-corrected chi connectivity index (χ3v) is 3.24. The van der Waals surface area contributed by atoms with Crippen molar-refractivity contribution in [2.45, 2.75) is 13.8 Å². The predicted molar refractivity (Wildman–Crippen MR) is 80.3 cm³/mol. The van der Waals surface area contributed by atoms with E-state index in [1.807, 2.05) is 50.3 Å². The molecule has 1 aromatic carbocycles. The third kappa shape index (κ3) is 3.08. The van der Waals surface area contributed by atoms with E-state index in [2.05, 4.69) is 27.8 Å². The molecule has 1 heterocycles. The molecule has 0 fully saturated rings. The van der Waals surface area contributed by atoms with Crippen LogP contribution < -0.4 is 5.32 Å². The maximum atomic E-state index is 4.58. The van der Waals surface area contributed by atoms with Gasteiger partial charge in [-0.3, -0.25) is 0 Å². The molecule has 2 nitrogen and oxygen atoms in total. The lowest BCUT2D eigenvalue weighted by molar-refractivity contribution is 1.34. The van der Waals surface area contributed by atoms with Gasteiger partial charge in [0.1, 0.15) is 0 Å². The van der Waals surface area contributed by atoms with Crippen LogP contribution in [-0.2, 0) is 0 Å². The topological polar surface area (TPSA) is 24.9 Å². The van der Waals surface area contributed by atoms with E-state index in [1.54, 1.807) is 11.3 Å². The maximum absolute atomic E-state index is 4.58. The van der Waals surface area contributed by atoms with E-state index < -0.39 is 0 Å². The zero-order chi connectivity index (χ0) is 12.8. The van der Waals surface area contributed by atoms with Crippen molar-refractivity contribution in [1.29, 1.82) is 0 Å². The highest BCUT2D eigenvalue weighted by Gasteiger charge is 2.04. The number of nitrogens with one attached hydrogen (secondary N) is 1. The summed E-state index contributed by atoms with van der Waals surface area (Å²) in [5, 5.41) is 6.29. The van der Waals surface area contributed by atoms with E-state index in [-0.39, 0.29) is 0 Å². The quantitative estimate of drug-likeness (QED) is 0.790. The van der Waals surface area contributed by atoms with Crippen LogP contribution in [0, 0.1) is 0 Å². The molecule has 0 aliphatic carbocycles. The Kier molecular flexibility index (Phi) is 4.31. The lowest BCUT2D eigenvalue weighted by atomic mass is 10.2. The fourth-order valence-corrected chi connectivity index (χ4v) is 2.36. The Hall–Kier alpha value is -1.87. The van der Waals surface area contributed by atoms with Crippen LogP contribution >= 0.6 is 11.3 Å². The largest absolute Gasteiger partial charge is 0.332 e. The van der Waals surface area contributed by atoms with Gasteiger partial charge in [-0.25, -0.2) is 4.98 Å². The van der Waals surface area contributed by atoms with Crippen molar-refractivity contribution in [3.05, 3.63) is 59.6 Å². The van der Waals surface area contributed by atoms with Crippen molar-refractivity contribution in [1.82, 2.24) is 4.98 Å². The normalized spacial score (nSPS) is 12.0. The van der Waals surface area contributed by atoms with E-state index in [1.165, 1.54) is 0 Å². The summed E-state index contributed by atoms with van der Waals surface area (Å²) < 4.78 is 0. The van der Waals surface area contributed by atoms with Crippen LogP contribution in [0.1, 0.15) is 19.5 Å². The van der Waals surface area contributed by atoms with Gasteiger partial charge in [-0.15, -0.1) is 11.3 Å². The maximum Gasteiger partial charge on any atom is 0.187 e. The minimum Gasteiger partial charge on any atom is -0.332 e. The summed E-state index contributed by atoms with van der Waals surface area (Å²) in [5.74, 6) is 0. The van der Waals surface area contributed by atoms with Crippen molar-refractivity contribution in [2.24, 2.45) is 0 Å². The Morgan fingerprint density at radius 3 is 2.67 bits per heavy atom. The number of para-hydroxylation sites is 1. The second-order valence-electron chi connectivity index (χ2n) is 3.77. The Bertz CT molecular complexity index is 553. The molecule has 1 aromatic heterocycles. The van der Waals surface area contributed by atoms with Gasteiger partial charge < -0.3 is 5.32 Å². The van der Waals surface area contributed by atoms with E-state index in [0.29, 0.717) is 0 Å². The summed E-state index contributed by atoms with van der Waals surface area (Å²) in [6.07, 6.45) is 6.17. The third-order valence-electron chi connectivity index (χ3n) is 2.48. The molecule has 0 unspecified atom stereocenters. The van der Waals surface area contributed by atoms with Gasteiger partial charge in [0.25, 0.3) is 0 Å². The minimum absolute atomic E-state index is 0.917. The second-order valence-corrected chi connectivity index (χ2v) is 4.63. The van der Waals surface area contributed by atoms with Gasteiger partial charge in [0.15, 0.2) is 5.13 Å². The molecule has 0 saturated carbocycles. The monoisotopic (exact) mass is 256 g/mol. The van der Waals surface area contributed by atoms with Gasteiger partial charge in [0.05, 0.1) is 5.69 Å². The molecule has 2 rings (SSSR count). The summed E-state index contributed by atoms with van der Waals surface area (Å²) >= 11 is 1.62. The Labute approximate surface area is 112 Å². The number of hydrogen-bond donors (Lipinski definition) is 1. The summed E-state index contributed by atoms with van der Waals surface area (Å²) in [6.45, 7) is 4.04. The van der Waals surface area contributed by atoms with E-state index >= 15 is 0 Å².